The van der Waals surface area contributed by atoms with Crippen LogP contribution < -0.4 is 15.0 Å². The predicted octanol–water partition coefficient (Wildman–Crippen LogP) is 4.74. The number of benzene rings is 2. The number of hydrogen-bond acceptors (Lipinski definition) is 3. The zero-order valence-corrected chi connectivity index (χ0v) is 16.9. The van der Waals surface area contributed by atoms with Gasteiger partial charge in [-0.15, -0.1) is 0 Å². The minimum absolute atomic E-state index is 0.0465. The van der Waals surface area contributed by atoms with Crippen LogP contribution in [0.3, 0.4) is 0 Å². The van der Waals surface area contributed by atoms with Crippen molar-refractivity contribution in [1.29, 1.82) is 0 Å². The van der Waals surface area contributed by atoms with Crippen LogP contribution in [-0.4, -0.2) is 25.5 Å². The van der Waals surface area contributed by atoms with Gasteiger partial charge in [0, 0.05) is 17.2 Å². The lowest BCUT2D eigenvalue weighted by atomic mass is 9.93. The normalized spacial score (nSPS) is 15.7. The van der Waals surface area contributed by atoms with Crippen LogP contribution in [0.1, 0.15) is 24.2 Å². The van der Waals surface area contributed by atoms with E-state index in [9.17, 15) is 9.59 Å². The smallest absolute Gasteiger partial charge is 0.257 e. The largest absolute Gasteiger partial charge is 0.490 e. The number of rotatable bonds is 2. The maximum Gasteiger partial charge on any atom is 0.257 e. The van der Waals surface area contributed by atoms with E-state index in [1.807, 2.05) is 13.8 Å². The van der Waals surface area contributed by atoms with Gasteiger partial charge in [-0.3, -0.25) is 9.59 Å². The first-order valence-corrected chi connectivity index (χ1v) is 9.17. The van der Waals surface area contributed by atoms with Gasteiger partial charge in [0.25, 0.3) is 5.91 Å². The molecular weight excluding hydrogens is 420 g/mol. The third kappa shape index (κ3) is 3.57. The molecule has 3 rings (SSSR count). The van der Waals surface area contributed by atoms with Crippen molar-refractivity contribution in [3.05, 3.63) is 51.5 Å². The van der Waals surface area contributed by atoms with E-state index in [4.69, 9.17) is 16.3 Å². The molecule has 2 aromatic carbocycles. The highest BCUT2D eigenvalue weighted by Crippen LogP contribution is 2.37. The Morgan fingerprint density at radius 3 is 2.73 bits per heavy atom. The lowest BCUT2D eigenvalue weighted by Gasteiger charge is -2.24. The number of fused-ring (bicyclic) bond motifs is 1. The summed E-state index contributed by atoms with van der Waals surface area (Å²) in [5.41, 5.74) is 0.894. The highest BCUT2D eigenvalue weighted by Gasteiger charge is 2.36. The maximum atomic E-state index is 12.6. The van der Waals surface area contributed by atoms with Crippen LogP contribution in [-0.2, 0) is 4.79 Å². The van der Waals surface area contributed by atoms with E-state index in [2.05, 4.69) is 21.2 Å². The maximum absolute atomic E-state index is 12.6. The number of halogens is 2. The van der Waals surface area contributed by atoms with Crippen LogP contribution >= 0.6 is 27.5 Å². The first-order valence-electron chi connectivity index (χ1n) is 8.00. The molecule has 1 aliphatic heterocycles. The molecule has 0 fully saturated rings. The molecule has 1 N–H and O–H groups in total. The van der Waals surface area contributed by atoms with E-state index >= 15 is 0 Å². The molecular formula is C19H18BrClN2O3. The molecule has 0 aliphatic carbocycles. The number of nitrogens with one attached hydrogen (secondary N) is 1. The molecule has 2 aromatic rings. The molecule has 0 unspecified atom stereocenters. The first kappa shape index (κ1) is 18.7. The van der Waals surface area contributed by atoms with Gasteiger partial charge >= 0.3 is 0 Å². The fraction of sp³-hybridized carbons (Fsp3) is 0.263. The summed E-state index contributed by atoms with van der Waals surface area (Å²) < 4.78 is 6.54. The second-order valence-electron chi connectivity index (χ2n) is 6.80. The second kappa shape index (κ2) is 6.93. The number of anilines is 2. The number of carbonyl (C=O) groups excluding carboxylic acids is 2. The highest BCUT2D eigenvalue weighted by atomic mass is 79.9. The Morgan fingerprint density at radius 2 is 2.00 bits per heavy atom. The monoisotopic (exact) mass is 436 g/mol. The number of hydrogen-bond donors (Lipinski definition) is 1. The van der Waals surface area contributed by atoms with E-state index in [0.717, 1.165) is 4.47 Å². The van der Waals surface area contributed by atoms with Crippen LogP contribution in [0.4, 0.5) is 11.4 Å². The quantitative estimate of drug-likeness (QED) is 0.738. The van der Waals surface area contributed by atoms with Crippen molar-refractivity contribution in [3.63, 3.8) is 0 Å². The third-order valence-corrected chi connectivity index (χ3v) is 5.05. The molecule has 1 heterocycles. The topological polar surface area (TPSA) is 58.6 Å². The predicted molar refractivity (Wildman–Crippen MR) is 106 cm³/mol. The number of ether oxygens (including phenoxy) is 1. The van der Waals surface area contributed by atoms with Crippen LogP contribution in [0, 0.1) is 5.41 Å². The van der Waals surface area contributed by atoms with Crippen molar-refractivity contribution in [1.82, 2.24) is 0 Å². The molecule has 7 heteroatoms. The molecule has 0 saturated heterocycles. The van der Waals surface area contributed by atoms with Crippen molar-refractivity contribution in [2.45, 2.75) is 13.8 Å². The second-order valence-corrected chi connectivity index (χ2v) is 8.12. The average molecular weight is 438 g/mol. The van der Waals surface area contributed by atoms with Crippen LogP contribution in [0.15, 0.2) is 40.9 Å². The Balaban J connectivity index is 1.90. The summed E-state index contributed by atoms with van der Waals surface area (Å²) in [5, 5.41) is 3.17. The Kier molecular flexibility index (Phi) is 4.99. The van der Waals surface area contributed by atoms with Gasteiger partial charge in [-0.05, 0) is 50.2 Å². The summed E-state index contributed by atoms with van der Waals surface area (Å²) in [7, 11) is 1.70. The summed E-state index contributed by atoms with van der Waals surface area (Å²) in [6.45, 7) is 3.98. The SMILES string of the molecule is CN1C(=O)C(C)(C)COc2ccc(NC(=O)c3cc(Br)ccc3Cl)cc21. The van der Waals surface area contributed by atoms with Gasteiger partial charge in [-0.1, -0.05) is 27.5 Å². The summed E-state index contributed by atoms with van der Waals surface area (Å²) >= 11 is 9.45. The molecule has 0 bridgehead atoms. The fourth-order valence-electron chi connectivity index (χ4n) is 2.73. The van der Waals surface area contributed by atoms with Gasteiger partial charge < -0.3 is 15.0 Å². The Hall–Kier alpha value is -2.05. The minimum Gasteiger partial charge on any atom is -0.490 e. The molecule has 5 nitrogen and oxygen atoms in total. The Labute approximate surface area is 165 Å². The van der Waals surface area contributed by atoms with Crippen LogP contribution in [0.25, 0.3) is 0 Å². The van der Waals surface area contributed by atoms with E-state index < -0.39 is 5.41 Å². The standard InChI is InChI=1S/C19H18BrClN2O3/c1-19(2)10-26-16-7-5-12(9-15(16)23(3)18(19)25)22-17(24)13-8-11(20)4-6-14(13)21/h4-9H,10H2,1-3H3,(H,22,24). The van der Waals surface area contributed by atoms with Gasteiger partial charge in [-0.2, -0.15) is 0 Å². The molecule has 1 aliphatic rings. The van der Waals surface area contributed by atoms with Crippen LogP contribution in [0.2, 0.25) is 5.02 Å². The Bertz CT molecular complexity index is 898. The van der Waals surface area contributed by atoms with Gasteiger partial charge in [-0.25, -0.2) is 0 Å². The lowest BCUT2D eigenvalue weighted by Crippen LogP contribution is -2.39. The van der Waals surface area contributed by atoms with Crippen molar-refractivity contribution >= 4 is 50.7 Å². The van der Waals surface area contributed by atoms with Crippen molar-refractivity contribution in [2.75, 3.05) is 23.9 Å². The lowest BCUT2D eigenvalue weighted by molar-refractivity contribution is -0.127. The van der Waals surface area contributed by atoms with Gasteiger partial charge in [0.2, 0.25) is 5.91 Å². The van der Waals surface area contributed by atoms with Crippen molar-refractivity contribution in [2.24, 2.45) is 5.41 Å². The number of amides is 2. The van der Waals surface area contributed by atoms with Crippen molar-refractivity contribution in [3.8, 4) is 5.75 Å². The molecule has 0 radical (unpaired) electrons. The number of nitrogens with zero attached hydrogens (tertiary/aromatic N) is 1. The molecule has 2 amide bonds. The zero-order valence-electron chi connectivity index (χ0n) is 14.6. The zero-order chi connectivity index (χ0) is 19.1. The third-order valence-electron chi connectivity index (χ3n) is 4.22. The van der Waals surface area contributed by atoms with Gasteiger partial charge in [0.1, 0.15) is 12.4 Å². The Morgan fingerprint density at radius 1 is 1.27 bits per heavy atom. The summed E-state index contributed by atoms with van der Waals surface area (Å²) in [6.07, 6.45) is 0. The van der Waals surface area contributed by atoms with E-state index in [0.29, 0.717) is 34.3 Å². The fourth-order valence-corrected chi connectivity index (χ4v) is 3.30. The molecule has 0 saturated carbocycles. The van der Waals surface area contributed by atoms with Gasteiger partial charge in [0.15, 0.2) is 0 Å². The molecule has 136 valence electrons. The van der Waals surface area contributed by atoms with Gasteiger partial charge in [0.05, 0.1) is 21.7 Å². The molecule has 0 spiro atoms. The molecule has 26 heavy (non-hydrogen) atoms. The molecule has 0 atom stereocenters. The van der Waals surface area contributed by atoms with E-state index in [1.165, 1.54) is 0 Å². The molecule has 0 aromatic heterocycles. The highest BCUT2D eigenvalue weighted by molar-refractivity contribution is 9.10. The summed E-state index contributed by atoms with van der Waals surface area (Å²) in [5.74, 6) is 0.222. The number of carbonyl (C=O) groups is 2. The summed E-state index contributed by atoms with van der Waals surface area (Å²) in [6, 6.07) is 10.3. The average Bonchev–Trinajstić information content (AvgIpc) is 2.68. The minimum atomic E-state index is -0.624. The van der Waals surface area contributed by atoms with E-state index in [1.54, 1.807) is 48.3 Å². The van der Waals surface area contributed by atoms with E-state index in [-0.39, 0.29) is 11.8 Å². The summed E-state index contributed by atoms with van der Waals surface area (Å²) in [4.78, 5) is 26.7. The van der Waals surface area contributed by atoms with Crippen molar-refractivity contribution < 1.29 is 14.3 Å². The first-order chi connectivity index (χ1) is 12.2. The van der Waals surface area contributed by atoms with Crippen LogP contribution in [0.5, 0.6) is 5.75 Å².